The molecule has 0 saturated carbocycles. The number of hydrogen-bond donors (Lipinski definition) is 1. The van der Waals surface area contributed by atoms with Gasteiger partial charge in [-0.25, -0.2) is 0 Å². The van der Waals surface area contributed by atoms with Crippen molar-refractivity contribution in [3.8, 4) is 23.0 Å². The molecule has 0 bridgehead atoms. The van der Waals surface area contributed by atoms with Crippen LogP contribution in [0.2, 0.25) is 0 Å². The number of aromatic hydroxyl groups is 1. The summed E-state index contributed by atoms with van der Waals surface area (Å²) < 4.78 is 16.0. The van der Waals surface area contributed by atoms with E-state index in [2.05, 4.69) is 31.2 Å². The van der Waals surface area contributed by atoms with Gasteiger partial charge in [0.25, 0.3) is 5.17 Å². The summed E-state index contributed by atoms with van der Waals surface area (Å²) in [5.41, 5.74) is 3.23. The van der Waals surface area contributed by atoms with Crippen molar-refractivity contribution in [2.24, 2.45) is 0 Å². The van der Waals surface area contributed by atoms with E-state index < -0.39 is 0 Å². The topological polar surface area (TPSA) is 68.2 Å². The van der Waals surface area contributed by atoms with Crippen molar-refractivity contribution >= 4 is 45.7 Å². The van der Waals surface area contributed by atoms with E-state index in [-0.39, 0.29) is 22.8 Å². The highest BCUT2D eigenvalue weighted by Crippen LogP contribution is 2.34. The predicted molar refractivity (Wildman–Crippen MR) is 178 cm³/mol. The number of fused-ring (bicyclic) bond motifs is 1. The van der Waals surface area contributed by atoms with Gasteiger partial charge in [-0.2, -0.15) is 0 Å². The molecule has 218 valence electrons. The third-order valence-corrected chi connectivity index (χ3v) is 6.93. The minimum Gasteiger partial charge on any atom is -0.507 e. The van der Waals surface area contributed by atoms with E-state index in [9.17, 15) is 9.90 Å². The SMILES string of the molecule is COc1cc(O)c(C(=O)C=Cc2ccccc2)c(OC)c1.Cc1cccc(N(C)C(=S)Oc2ccc3ccccc3c2)c1. The van der Waals surface area contributed by atoms with Gasteiger partial charge in [-0.1, -0.05) is 78.9 Å². The fraction of sp³-hybridized carbons (Fsp3) is 0.111. The lowest BCUT2D eigenvalue weighted by Crippen LogP contribution is -2.29. The third-order valence-electron chi connectivity index (χ3n) is 6.57. The van der Waals surface area contributed by atoms with Gasteiger partial charge < -0.3 is 24.2 Å². The second kappa shape index (κ2) is 14.7. The van der Waals surface area contributed by atoms with E-state index in [4.69, 9.17) is 26.4 Å². The van der Waals surface area contributed by atoms with Crippen LogP contribution in [0.4, 0.5) is 5.69 Å². The zero-order chi connectivity index (χ0) is 30.8. The zero-order valence-electron chi connectivity index (χ0n) is 24.5. The van der Waals surface area contributed by atoms with Crippen LogP contribution in [0.15, 0.2) is 115 Å². The Hall–Kier alpha value is -5.14. The Morgan fingerprint density at radius 2 is 1.51 bits per heavy atom. The summed E-state index contributed by atoms with van der Waals surface area (Å²) in [6.45, 7) is 2.06. The second-order valence-corrected chi connectivity index (χ2v) is 9.96. The molecule has 5 aromatic carbocycles. The molecule has 0 saturated heterocycles. The Morgan fingerprint density at radius 3 is 2.21 bits per heavy atom. The number of ether oxygens (including phenoxy) is 3. The first-order chi connectivity index (χ1) is 20.8. The Kier molecular flexibility index (Phi) is 10.5. The average molecular weight is 592 g/mol. The minimum absolute atomic E-state index is 0.116. The second-order valence-electron chi connectivity index (χ2n) is 9.61. The van der Waals surface area contributed by atoms with Gasteiger partial charge in [0.1, 0.15) is 28.6 Å². The number of anilines is 1. The summed E-state index contributed by atoms with van der Waals surface area (Å²) in [7, 11) is 4.83. The van der Waals surface area contributed by atoms with E-state index in [0.29, 0.717) is 10.9 Å². The Labute approximate surface area is 257 Å². The lowest BCUT2D eigenvalue weighted by Gasteiger charge is -2.20. The van der Waals surface area contributed by atoms with Crippen LogP contribution < -0.4 is 19.1 Å². The Balaban J connectivity index is 0.000000197. The first-order valence-electron chi connectivity index (χ1n) is 13.5. The van der Waals surface area contributed by atoms with Gasteiger partial charge in [-0.3, -0.25) is 4.79 Å². The molecule has 5 aromatic rings. The number of ketones is 1. The highest BCUT2D eigenvalue weighted by Gasteiger charge is 2.17. The van der Waals surface area contributed by atoms with Crippen molar-refractivity contribution in [2.45, 2.75) is 6.92 Å². The smallest absolute Gasteiger partial charge is 0.269 e. The number of nitrogens with zero attached hydrogens (tertiary/aromatic N) is 1. The molecule has 0 spiro atoms. The number of hydrogen-bond acceptors (Lipinski definition) is 6. The largest absolute Gasteiger partial charge is 0.507 e. The highest BCUT2D eigenvalue weighted by molar-refractivity contribution is 7.80. The Morgan fingerprint density at radius 1 is 0.791 bits per heavy atom. The molecule has 0 heterocycles. The summed E-state index contributed by atoms with van der Waals surface area (Å²) in [4.78, 5) is 14.1. The molecule has 5 rings (SSSR count). The van der Waals surface area contributed by atoms with Crippen LogP contribution in [-0.4, -0.2) is 37.3 Å². The monoisotopic (exact) mass is 591 g/mol. The van der Waals surface area contributed by atoms with Gasteiger partial charge in [0, 0.05) is 24.9 Å². The van der Waals surface area contributed by atoms with Gasteiger partial charge >= 0.3 is 0 Å². The van der Waals surface area contributed by atoms with Crippen LogP contribution in [0.25, 0.3) is 16.8 Å². The number of benzene rings is 5. The summed E-state index contributed by atoms with van der Waals surface area (Å²) in [5, 5.41) is 12.7. The van der Waals surface area contributed by atoms with Gasteiger partial charge in [0.05, 0.1) is 14.2 Å². The first kappa shape index (κ1) is 30.8. The minimum atomic E-state index is -0.337. The van der Waals surface area contributed by atoms with Crippen LogP contribution in [0, 0.1) is 6.92 Å². The number of allylic oxidation sites excluding steroid dienone is 1. The van der Waals surface area contributed by atoms with E-state index >= 15 is 0 Å². The maximum absolute atomic E-state index is 12.3. The van der Waals surface area contributed by atoms with Crippen LogP contribution in [0.5, 0.6) is 23.0 Å². The van der Waals surface area contributed by atoms with E-state index in [1.807, 2.05) is 84.7 Å². The number of carbonyl (C=O) groups is 1. The predicted octanol–water partition coefficient (Wildman–Crippen LogP) is 8.25. The molecule has 0 amide bonds. The molecular formula is C36H33NO5S. The van der Waals surface area contributed by atoms with Gasteiger partial charge in [-0.15, -0.1) is 0 Å². The van der Waals surface area contributed by atoms with E-state index in [1.165, 1.54) is 37.3 Å². The normalized spacial score (nSPS) is 10.5. The van der Waals surface area contributed by atoms with Crippen LogP contribution in [0.1, 0.15) is 21.5 Å². The molecule has 0 aliphatic rings. The third kappa shape index (κ3) is 8.21. The molecule has 0 aliphatic carbocycles. The van der Waals surface area contributed by atoms with Crippen LogP contribution in [-0.2, 0) is 0 Å². The van der Waals surface area contributed by atoms with Crippen LogP contribution in [0.3, 0.4) is 0 Å². The summed E-state index contributed by atoms with van der Waals surface area (Å²) >= 11 is 5.41. The van der Waals surface area contributed by atoms with Crippen molar-refractivity contribution in [3.05, 3.63) is 132 Å². The summed E-state index contributed by atoms with van der Waals surface area (Å²) in [6, 6.07) is 34.7. The molecule has 0 radical (unpaired) electrons. The first-order valence-corrected chi connectivity index (χ1v) is 13.9. The standard InChI is InChI=1S/C19H17NOS.C17H16O4/c1-14-6-5-9-17(12-14)20(2)19(22)21-18-11-10-15-7-3-4-8-16(15)13-18;1-20-13-10-15(19)17(16(11-13)21-2)14(18)9-8-12-6-4-3-5-7-12/h3-13H,1-2H3;3-11,19H,1-2H3. The number of methoxy groups -OCH3 is 2. The van der Waals surface area contributed by atoms with Gasteiger partial charge in [0.15, 0.2) is 5.78 Å². The molecule has 0 fully saturated rings. The van der Waals surface area contributed by atoms with Crippen molar-refractivity contribution in [2.75, 3.05) is 26.2 Å². The quantitative estimate of drug-likeness (QED) is 0.116. The van der Waals surface area contributed by atoms with Crippen LogP contribution >= 0.6 is 12.2 Å². The number of aryl methyl sites for hydroxylation is 1. The maximum Gasteiger partial charge on any atom is 0.269 e. The average Bonchev–Trinajstić information content (AvgIpc) is 3.03. The highest BCUT2D eigenvalue weighted by atomic mass is 32.1. The number of phenolic OH excluding ortho intramolecular Hbond substituents is 1. The molecule has 0 unspecified atom stereocenters. The molecule has 0 atom stereocenters. The van der Waals surface area contributed by atoms with Gasteiger partial charge in [-0.05, 0) is 71.4 Å². The number of carbonyl (C=O) groups excluding carboxylic acids is 1. The Bertz CT molecular complexity index is 1750. The van der Waals surface area contributed by atoms with Crippen molar-refractivity contribution in [3.63, 3.8) is 0 Å². The summed E-state index contributed by atoms with van der Waals surface area (Å²) in [6.07, 6.45) is 3.09. The lowest BCUT2D eigenvalue weighted by atomic mass is 10.1. The lowest BCUT2D eigenvalue weighted by molar-refractivity contribution is 0.104. The summed E-state index contributed by atoms with van der Waals surface area (Å²) in [5.74, 6) is 0.940. The zero-order valence-corrected chi connectivity index (χ0v) is 25.3. The maximum atomic E-state index is 12.3. The molecule has 43 heavy (non-hydrogen) atoms. The molecular weight excluding hydrogens is 558 g/mol. The number of thiocarbonyl (C=S) groups is 1. The molecule has 0 aliphatic heterocycles. The van der Waals surface area contributed by atoms with Gasteiger partial charge in [0.2, 0.25) is 0 Å². The van der Waals surface area contributed by atoms with Crippen molar-refractivity contribution < 1.29 is 24.1 Å². The molecule has 7 heteroatoms. The fourth-order valence-corrected chi connectivity index (χ4v) is 4.47. The van der Waals surface area contributed by atoms with Crippen molar-refractivity contribution in [1.82, 2.24) is 0 Å². The van der Waals surface area contributed by atoms with E-state index in [0.717, 1.165) is 22.4 Å². The molecule has 1 N–H and O–H groups in total. The van der Waals surface area contributed by atoms with Crippen molar-refractivity contribution in [1.29, 1.82) is 0 Å². The molecule has 0 aromatic heterocycles. The number of phenols is 1. The molecule has 6 nitrogen and oxygen atoms in total. The van der Waals surface area contributed by atoms with E-state index in [1.54, 1.807) is 12.1 Å². The fourth-order valence-electron chi connectivity index (χ4n) is 4.26. The number of rotatable bonds is 7.